The third kappa shape index (κ3) is 5.35. The lowest BCUT2D eigenvalue weighted by Crippen LogP contribution is -2.34. The number of thiophene rings is 1. The molecule has 0 unspecified atom stereocenters. The molecular formula is C24H21F3N4O2S. The number of para-hydroxylation sites is 1. The molecule has 4 aromatic rings. The summed E-state index contributed by atoms with van der Waals surface area (Å²) in [5, 5.41) is 2.82. The van der Waals surface area contributed by atoms with Gasteiger partial charge in [-0.15, -0.1) is 11.3 Å². The van der Waals surface area contributed by atoms with E-state index in [1.165, 1.54) is 29.5 Å². The van der Waals surface area contributed by atoms with Gasteiger partial charge in [-0.1, -0.05) is 49.4 Å². The summed E-state index contributed by atoms with van der Waals surface area (Å²) in [6.45, 7) is 2.24. The van der Waals surface area contributed by atoms with Gasteiger partial charge in [0.1, 0.15) is 10.7 Å². The van der Waals surface area contributed by atoms with Crippen LogP contribution in [0.3, 0.4) is 0 Å². The number of benzene rings is 2. The average Bonchev–Trinajstić information content (AvgIpc) is 3.24. The van der Waals surface area contributed by atoms with Crippen LogP contribution in [0.25, 0.3) is 20.7 Å². The van der Waals surface area contributed by atoms with Gasteiger partial charge in [-0.05, 0) is 30.3 Å². The van der Waals surface area contributed by atoms with E-state index >= 15 is 0 Å². The van der Waals surface area contributed by atoms with E-state index < -0.39 is 17.6 Å². The molecule has 2 N–H and O–H groups in total. The molecule has 0 aliphatic carbocycles. The number of hydrogen-bond donors (Lipinski definition) is 2. The van der Waals surface area contributed by atoms with Gasteiger partial charge >= 0.3 is 6.18 Å². The second-order valence-electron chi connectivity index (χ2n) is 7.60. The maximum absolute atomic E-state index is 13.2. The Kier molecular flexibility index (Phi) is 6.80. The fourth-order valence-electron chi connectivity index (χ4n) is 3.52. The maximum Gasteiger partial charge on any atom is 0.418 e. The van der Waals surface area contributed by atoms with Crippen LogP contribution in [0, 0.1) is 0 Å². The van der Waals surface area contributed by atoms with Gasteiger partial charge in [-0.3, -0.25) is 14.5 Å². The van der Waals surface area contributed by atoms with Crippen LogP contribution < -0.4 is 10.9 Å². The van der Waals surface area contributed by atoms with Gasteiger partial charge in [0.25, 0.3) is 5.56 Å². The second-order valence-corrected chi connectivity index (χ2v) is 8.63. The topological polar surface area (TPSA) is 78.1 Å². The van der Waals surface area contributed by atoms with E-state index in [1.807, 2.05) is 37.3 Å². The van der Waals surface area contributed by atoms with Crippen molar-refractivity contribution < 1.29 is 18.0 Å². The number of carbonyl (C=O) groups is 1. The van der Waals surface area contributed by atoms with Crippen LogP contribution in [-0.2, 0) is 17.5 Å². The number of hydrogen-bond acceptors (Lipinski definition) is 5. The van der Waals surface area contributed by atoms with E-state index in [0.29, 0.717) is 22.6 Å². The number of carbonyl (C=O) groups excluding carboxylic acids is 1. The molecule has 2 aromatic carbocycles. The van der Waals surface area contributed by atoms with Crippen molar-refractivity contribution in [3.05, 3.63) is 82.4 Å². The molecule has 6 nitrogen and oxygen atoms in total. The number of nitrogens with one attached hydrogen (secondary N) is 2. The van der Waals surface area contributed by atoms with E-state index in [-0.39, 0.29) is 24.3 Å². The minimum absolute atomic E-state index is 0.161. The van der Waals surface area contributed by atoms with Crippen LogP contribution >= 0.6 is 11.3 Å². The number of rotatable bonds is 7. The molecule has 0 atom stereocenters. The molecule has 2 aromatic heterocycles. The fraction of sp³-hybridized carbons (Fsp3) is 0.208. The Balaban J connectivity index is 1.50. The van der Waals surface area contributed by atoms with Crippen molar-refractivity contribution >= 4 is 33.1 Å². The highest BCUT2D eigenvalue weighted by molar-refractivity contribution is 7.21. The summed E-state index contributed by atoms with van der Waals surface area (Å²) in [6.07, 6.45) is -4.58. The first-order valence-corrected chi connectivity index (χ1v) is 11.3. The second kappa shape index (κ2) is 9.78. The van der Waals surface area contributed by atoms with Crippen molar-refractivity contribution in [1.82, 2.24) is 14.9 Å². The van der Waals surface area contributed by atoms with E-state index in [0.717, 1.165) is 16.5 Å². The van der Waals surface area contributed by atoms with Crippen molar-refractivity contribution in [2.24, 2.45) is 0 Å². The molecule has 10 heteroatoms. The smallest absolute Gasteiger partial charge is 0.324 e. The van der Waals surface area contributed by atoms with Gasteiger partial charge in [-0.2, -0.15) is 13.2 Å². The number of halogens is 3. The highest BCUT2D eigenvalue weighted by Gasteiger charge is 2.33. The highest BCUT2D eigenvalue weighted by atomic mass is 32.1. The molecule has 34 heavy (non-hydrogen) atoms. The number of aromatic amines is 1. The Labute approximate surface area is 197 Å². The number of amides is 1. The number of aromatic nitrogens is 2. The van der Waals surface area contributed by atoms with E-state index in [9.17, 15) is 22.8 Å². The zero-order valence-corrected chi connectivity index (χ0v) is 19.0. The van der Waals surface area contributed by atoms with Gasteiger partial charge in [0.15, 0.2) is 0 Å². The summed E-state index contributed by atoms with van der Waals surface area (Å²) < 4.78 is 39.6. The molecule has 0 saturated carbocycles. The minimum Gasteiger partial charge on any atom is -0.324 e. The summed E-state index contributed by atoms with van der Waals surface area (Å²) in [7, 11) is 0. The van der Waals surface area contributed by atoms with Crippen LogP contribution in [0.1, 0.15) is 18.3 Å². The molecule has 0 aliphatic heterocycles. The first-order chi connectivity index (χ1) is 16.2. The van der Waals surface area contributed by atoms with Crippen molar-refractivity contribution in [3.63, 3.8) is 0 Å². The molecule has 2 heterocycles. The van der Waals surface area contributed by atoms with E-state index in [1.54, 1.807) is 11.0 Å². The van der Waals surface area contributed by atoms with Crippen LogP contribution in [-0.4, -0.2) is 33.9 Å². The van der Waals surface area contributed by atoms with E-state index in [4.69, 9.17) is 0 Å². The maximum atomic E-state index is 13.2. The predicted octanol–water partition coefficient (Wildman–Crippen LogP) is 5.13. The summed E-state index contributed by atoms with van der Waals surface area (Å²) in [5.41, 5.74) is -0.499. The summed E-state index contributed by atoms with van der Waals surface area (Å²) >= 11 is 1.40. The Morgan fingerprint density at radius 1 is 1.12 bits per heavy atom. The van der Waals surface area contributed by atoms with E-state index in [2.05, 4.69) is 15.3 Å². The predicted molar refractivity (Wildman–Crippen MR) is 127 cm³/mol. The molecule has 0 fully saturated rings. The number of likely N-dealkylation sites (N-methyl/N-ethyl adjacent to an activating group) is 1. The molecule has 4 rings (SSSR count). The zero-order valence-electron chi connectivity index (χ0n) is 18.1. The molecule has 1 amide bonds. The number of anilines is 1. The quantitative estimate of drug-likeness (QED) is 0.380. The Morgan fingerprint density at radius 3 is 2.53 bits per heavy atom. The number of nitrogens with zero attached hydrogens (tertiary/aromatic N) is 2. The van der Waals surface area contributed by atoms with Crippen LogP contribution in [0.2, 0.25) is 0 Å². The largest absolute Gasteiger partial charge is 0.418 e. The average molecular weight is 487 g/mol. The Hall–Kier alpha value is -3.50. The minimum atomic E-state index is -4.58. The van der Waals surface area contributed by atoms with Gasteiger partial charge in [-0.25, -0.2) is 4.98 Å². The monoisotopic (exact) mass is 486 g/mol. The molecule has 176 valence electrons. The summed E-state index contributed by atoms with van der Waals surface area (Å²) in [5.74, 6) is -0.214. The molecule has 0 spiro atoms. The Bertz CT molecular complexity index is 1370. The number of alkyl halides is 3. The lowest BCUT2D eigenvalue weighted by atomic mass is 10.1. The lowest BCUT2D eigenvalue weighted by Gasteiger charge is -2.20. The van der Waals surface area contributed by atoms with Gasteiger partial charge in [0.2, 0.25) is 5.91 Å². The fourth-order valence-corrected chi connectivity index (χ4v) is 4.58. The van der Waals surface area contributed by atoms with Crippen molar-refractivity contribution in [3.8, 4) is 10.4 Å². The normalized spacial score (nSPS) is 11.8. The number of H-pyrrole nitrogens is 1. The van der Waals surface area contributed by atoms with Crippen molar-refractivity contribution in [2.45, 2.75) is 19.6 Å². The standard InChI is InChI=1S/C24H21F3N4O2S/c1-2-31(14-21(32)28-18-11-7-6-10-17(18)24(25,26)27)13-20-29-22(33)16-12-19(34-23(16)30-20)15-8-4-3-5-9-15/h3-12H,2,13-14H2,1H3,(H,28,32)(H,29,30,33). The van der Waals surface area contributed by atoms with Crippen molar-refractivity contribution in [2.75, 3.05) is 18.4 Å². The van der Waals surface area contributed by atoms with Crippen LogP contribution in [0.15, 0.2) is 65.5 Å². The first-order valence-electron chi connectivity index (χ1n) is 10.5. The molecule has 0 saturated heterocycles. The lowest BCUT2D eigenvalue weighted by molar-refractivity contribution is -0.137. The zero-order chi connectivity index (χ0) is 24.3. The third-order valence-electron chi connectivity index (χ3n) is 5.20. The molecule has 0 aliphatic rings. The Morgan fingerprint density at radius 2 is 1.82 bits per heavy atom. The van der Waals surface area contributed by atoms with Crippen LogP contribution in [0.4, 0.5) is 18.9 Å². The third-order valence-corrected chi connectivity index (χ3v) is 6.28. The van der Waals surface area contributed by atoms with Crippen molar-refractivity contribution in [1.29, 1.82) is 0 Å². The first kappa shape index (κ1) is 23.7. The number of fused-ring (bicyclic) bond motifs is 1. The summed E-state index contributed by atoms with van der Waals surface area (Å²) in [4.78, 5) is 35.6. The van der Waals surface area contributed by atoms with Gasteiger partial charge in [0.05, 0.1) is 29.7 Å². The molecule has 0 radical (unpaired) electrons. The SMILES string of the molecule is CCN(CC(=O)Nc1ccccc1C(F)(F)F)Cc1nc2sc(-c3ccccc3)cc2c(=O)[nH]1. The van der Waals surface area contributed by atoms with Gasteiger partial charge < -0.3 is 10.3 Å². The van der Waals surface area contributed by atoms with Gasteiger partial charge in [0, 0.05) is 4.88 Å². The molecular weight excluding hydrogens is 465 g/mol. The van der Waals surface area contributed by atoms with Crippen LogP contribution in [0.5, 0.6) is 0 Å². The summed E-state index contributed by atoms with van der Waals surface area (Å²) in [6, 6.07) is 16.3. The highest BCUT2D eigenvalue weighted by Crippen LogP contribution is 2.34. The molecule has 0 bridgehead atoms.